The van der Waals surface area contributed by atoms with Crippen molar-refractivity contribution in [1.82, 2.24) is 0 Å². The number of hydrogen-bond acceptors (Lipinski definition) is 4. The zero-order chi connectivity index (χ0) is 14.2. The van der Waals surface area contributed by atoms with Gasteiger partial charge in [0.1, 0.15) is 26.0 Å². The summed E-state index contributed by atoms with van der Waals surface area (Å²) in [6, 6.07) is 9.05. The maximum Gasteiger partial charge on any atom is 0.315 e. The summed E-state index contributed by atoms with van der Waals surface area (Å²) in [4.78, 5) is 12.4. The highest BCUT2D eigenvalue weighted by atomic mass is 16.6. The smallest absolute Gasteiger partial charge is 0.315 e. The molecule has 2 bridgehead atoms. The summed E-state index contributed by atoms with van der Waals surface area (Å²) < 4.78 is 16.7. The average molecular weight is 272 g/mol. The zero-order valence-corrected chi connectivity index (χ0v) is 11.5. The standard InChI is InChI=1S/C15H17BO4/c1-2-15-9-19-12(13(16)20-15)11(15)14(17)18-8-10-6-4-3-5-7-10/h3-7,11-13H,2,8-9H2,1H3/t11?,12-,13-,15-/m1/s1. The summed E-state index contributed by atoms with van der Waals surface area (Å²) in [7, 11) is 5.86. The number of esters is 1. The van der Waals surface area contributed by atoms with Gasteiger partial charge in [-0.15, -0.1) is 0 Å². The van der Waals surface area contributed by atoms with Crippen molar-refractivity contribution < 1.29 is 19.0 Å². The first-order chi connectivity index (χ1) is 9.66. The van der Waals surface area contributed by atoms with Crippen molar-refractivity contribution in [3.63, 3.8) is 0 Å². The molecule has 0 saturated carbocycles. The van der Waals surface area contributed by atoms with Crippen LogP contribution in [0.5, 0.6) is 0 Å². The van der Waals surface area contributed by atoms with Crippen LogP contribution in [0.4, 0.5) is 0 Å². The lowest BCUT2D eigenvalue weighted by atomic mass is 9.83. The van der Waals surface area contributed by atoms with Gasteiger partial charge in [0, 0.05) is 6.00 Å². The van der Waals surface area contributed by atoms with Crippen molar-refractivity contribution in [1.29, 1.82) is 0 Å². The number of carbonyl (C=O) groups excluding carboxylic acids is 1. The van der Waals surface area contributed by atoms with E-state index in [0.717, 1.165) is 5.56 Å². The van der Waals surface area contributed by atoms with Crippen LogP contribution in [-0.4, -0.2) is 38.1 Å². The predicted molar refractivity (Wildman–Crippen MR) is 73.1 cm³/mol. The van der Waals surface area contributed by atoms with Gasteiger partial charge in [-0.05, 0) is 12.0 Å². The summed E-state index contributed by atoms with van der Waals surface area (Å²) in [6.45, 7) is 2.64. The van der Waals surface area contributed by atoms with Crippen LogP contribution < -0.4 is 0 Å². The molecule has 20 heavy (non-hydrogen) atoms. The van der Waals surface area contributed by atoms with Crippen LogP contribution in [0.2, 0.25) is 0 Å². The van der Waals surface area contributed by atoms with E-state index in [-0.39, 0.29) is 12.6 Å². The van der Waals surface area contributed by atoms with E-state index in [9.17, 15) is 4.79 Å². The minimum atomic E-state index is -0.613. The first-order valence-electron chi connectivity index (χ1n) is 6.92. The molecule has 1 unspecified atom stereocenters. The summed E-state index contributed by atoms with van der Waals surface area (Å²) in [5, 5.41) is 0. The van der Waals surface area contributed by atoms with E-state index in [1.54, 1.807) is 0 Å². The number of ether oxygens (including phenoxy) is 3. The molecular weight excluding hydrogens is 255 g/mol. The van der Waals surface area contributed by atoms with Crippen molar-refractivity contribution in [2.45, 2.75) is 37.7 Å². The highest BCUT2D eigenvalue weighted by Crippen LogP contribution is 2.46. The number of fused-ring (bicyclic) bond motifs is 2. The van der Waals surface area contributed by atoms with Crippen molar-refractivity contribution in [2.75, 3.05) is 6.61 Å². The summed E-state index contributed by atoms with van der Waals surface area (Å²) in [5.41, 5.74) is 0.348. The number of benzene rings is 1. The molecule has 1 aromatic carbocycles. The molecule has 2 heterocycles. The van der Waals surface area contributed by atoms with Crippen LogP contribution in [0.25, 0.3) is 0 Å². The van der Waals surface area contributed by atoms with Gasteiger partial charge in [-0.25, -0.2) is 0 Å². The maximum absolute atomic E-state index is 12.4. The number of rotatable bonds is 4. The van der Waals surface area contributed by atoms with E-state index in [1.807, 2.05) is 37.3 Å². The summed E-state index contributed by atoms with van der Waals surface area (Å²) in [6.07, 6.45) is 0.292. The molecule has 0 spiro atoms. The van der Waals surface area contributed by atoms with Crippen molar-refractivity contribution in [2.24, 2.45) is 5.92 Å². The molecule has 2 aliphatic heterocycles. The fourth-order valence-corrected chi connectivity index (χ4v) is 3.03. The molecule has 3 rings (SSSR count). The Kier molecular flexibility index (Phi) is 3.56. The Bertz CT molecular complexity index is 492. The minimum Gasteiger partial charge on any atom is -0.460 e. The molecule has 5 heteroatoms. The quantitative estimate of drug-likeness (QED) is 0.614. The summed E-state index contributed by atoms with van der Waals surface area (Å²) in [5.74, 6) is -0.711. The largest absolute Gasteiger partial charge is 0.460 e. The van der Waals surface area contributed by atoms with Crippen LogP contribution in [0, 0.1) is 5.92 Å². The van der Waals surface area contributed by atoms with Crippen LogP contribution in [-0.2, 0) is 25.6 Å². The third-order valence-corrected chi connectivity index (χ3v) is 4.19. The Morgan fingerprint density at radius 2 is 2.20 bits per heavy atom. The second-order valence-electron chi connectivity index (χ2n) is 5.35. The molecule has 0 aliphatic carbocycles. The molecule has 1 aromatic rings. The van der Waals surface area contributed by atoms with E-state index >= 15 is 0 Å². The fraction of sp³-hybridized carbons (Fsp3) is 0.533. The van der Waals surface area contributed by atoms with Crippen LogP contribution in [0.3, 0.4) is 0 Å². The molecule has 2 aliphatic rings. The van der Waals surface area contributed by atoms with Gasteiger partial charge in [-0.3, -0.25) is 4.79 Å². The van der Waals surface area contributed by atoms with E-state index in [2.05, 4.69) is 0 Å². The van der Waals surface area contributed by atoms with Gasteiger partial charge in [0.25, 0.3) is 0 Å². The molecular formula is C15H17BO4. The summed E-state index contributed by atoms with van der Waals surface area (Å²) >= 11 is 0. The molecule has 0 amide bonds. The van der Waals surface area contributed by atoms with Crippen LogP contribution in [0.15, 0.2) is 30.3 Å². The zero-order valence-electron chi connectivity index (χ0n) is 11.5. The third-order valence-electron chi connectivity index (χ3n) is 4.19. The van der Waals surface area contributed by atoms with Crippen LogP contribution >= 0.6 is 0 Å². The van der Waals surface area contributed by atoms with E-state index in [4.69, 9.17) is 22.1 Å². The lowest BCUT2D eigenvalue weighted by molar-refractivity contribution is -0.155. The maximum atomic E-state index is 12.4. The van der Waals surface area contributed by atoms with E-state index in [0.29, 0.717) is 13.0 Å². The Balaban J connectivity index is 1.68. The van der Waals surface area contributed by atoms with Crippen molar-refractivity contribution in [3.8, 4) is 0 Å². The Labute approximate surface area is 119 Å². The molecule has 2 fully saturated rings. The van der Waals surface area contributed by atoms with Gasteiger partial charge < -0.3 is 14.2 Å². The van der Waals surface area contributed by atoms with Gasteiger partial charge in [0.15, 0.2) is 0 Å². The normalized spacial score (nSPS) is 35.1. The molecule has 2 saturated heterocycles. The van der Waals surface area contributed by atoms with Crippen molar-refractivity contribution >= 4 is 13.8 Å². The van der Waals surface area contributed by atoms with E-state index < -0.39 is 23.6 Å². The Morgan fingerprint density at radius 1 is 1.45 bits per heavy atom. The molecule has 2 radical (unpaired) electrons. The predicted octanol–water partition coefficient (Wildman–Crippen LogP) is 1.42. The topological polar surface area (TPSA) is 44.8 Å². The lowest BCUT2D eigenvalue weighted by Gasteiger charge is -2.29. The second kappa shape index (κ2) is 5.22. The minimum absolute atomic E-state index is 0.262. The first kappa shape index (κ1) is 13.6. The third kappa shape index (κ3) is 2.15. The Hall–Kier alpha value is -1.33. The SMILES string of the molecule is [B][C@@H]1O[C@]2(CC)CO[C@@H]1C2C(=O)OCc1ccccc1. The van der Waals surface area contributed by atoms with Crippen molar-refractivity contribution in [3.05, 3.63) is 35.9 Å². The molecule has 4 atom stereocenters. The fourth-order valence-electron chi connectivity index (χ4n) is 3.03. The highest BCUT2D eigenvalue weighted by Gasteiger charge is 2.62. The molecule has 0 N–H and O–H groups in total. The highest BCUT2D eigenvalue weighted by molar-refractivity contribution is 6.12. The second-order valence-corrected chi connectivity index (χ2v) is 5.35. The van der Waals surface area contributed by atoms with E-state index in [1.165, 1.54) is 0 Å². The monoisotopic (exact) mass is 272 g/mol. The Morgan fingerprint density at radius 3 is 2.85 bits per heavy atom. The molecule has 0 aromatic heterocycles. The first-order valence-corrected chi connectivity index (χ1v) is 6.92. The van der Waals surface area contributed by atoms with Gasteiger partial charge in [-0.1, -0.05) is 37.3 Å². The lowest BCUT2D eigenvalue weighted by Crippen LogP contribution is -2.40. The number of hydrogen-bond donors (Lipinski definition) is 0. The molecule has 4 nitrogen and oxygen atoms in total. The number of carbonyl (C=O) groups is 1. The van der Waals surface area contributed by atoms with Gasteiger partial charge in [-0.2, -0.15) is 0 Å². The van der Waals surface area contributed by atoms with Gasteiger partial charge in [0.05, 0.1) is 12.7 Å². The van der Waals surface area contributed by atoms with Gasteiger partial charge in [0.2, 0.25) is 0 Å². The molecule has 104 valence electrons. The average Bonchev–Trinajstić information content (AvgIpc) is 2.98. The van der Waals surface area contributed by atoms with Gasteiger partial charge >= 0.3 is 5.97 Å². The van der Waals surface area contributed by atoms with Crippen LogP contribution in [0.1, 0.15) is 18.9 Å².